The van der Waals surface area contributed by atoms with Gasteiger partial charge in [0.2, 0.25) is 0 Å². The van der Waals surface area contributed by atoms with Crippen molar-refractivity contribution in [2.24, 2.45) is 0 Å². The number of thiazole rings is 1. The van der Waals surface area contributed by atoms with Gasteiger partial charge in [0, 0.05) is 30.8 Å². The van der Waals surface area contributed by atoms with Crippen molar-refractivity contribution in [3.63, 3.8) is 0 Å². The standard InChI is InChI=1S/C15H15N5OS.ClH/c1-8-2-3-11-12(6-8)22-15(17-11)18-14(21)13-9-7-16-5-4-10(9)19-20-13;/h2-3,6,16H,4-5,7H2,1H3,(H,19,20)(H,17,18,21);1H. The van der Waals surface area contributed by atoms with Gasteiger partial charge in [-0.05, 0) is 24.6 Å². The first-order valence-corrected chi connectivity index (χ1v) is 7.98. The van der Waals surface area contributed by atoms with Gasteiger partial charge in [-0.25, -0.2) is 4.98 Å². The summed E-state index contributed by atoms with van der Waals surface area (Å²) in [7, 11) is 0. The first-order chi connectivity index (χ1) is 10.7. The number of anilines is 1. The van der Waals surface area contributed by atoms with Crippen LogP contribution in [0.15, 0.2) is 18.2 Å². The summed E-state index contributed by atoms with van der Waals surface area (Å²) in [6, 6.07) is 6.06. The van der Waals surface area contributed by atoms with E-state index in [2.05, 4.69) is 31.9 Å². The summed E-state index contributed by atoms with van der Waals surface area (Å²) < 4.78 is 1.07. The van der Waals surface area contributed by atoms with E-state index in [0.29, 0.717) is 17.4 Å². The molecule has 0 saturated heterocycles. The Labute approximate surface area is 143 Å². The van der Waals surface area contributed by atoms with Crippen molar-refractivity contribution < 1.29 is 4.79 Å². The lowest BCUT2D eigenvalue weighted by Gasteiger charge is -2.12. The number of fused-ring (bicyclic) bond motifs is 2. The number of nitrogens with one attached hydrogen (secondary N) is 3. The predicted molar refractivity (Wildman–Crippen MR) is 93.6 cm³/mol. The second-order valence-corrected chi connectivity index (χ2v) is 6.43. The van der Waals surface area contributed by atoms with E-state index in [1.54, 1.807) is 0 Å². The maximum Gasteiger partial charge on any atom is 0.278 e. The summed E-state index contributed by atoms with van der Waals surface area (Å²) in [5, 5.41) is 13.8. The third-order valence-electron chi connectivity index (χ3n) is 3.79. The Morgan fingerprint density at radius 1 is 1.39 bits per heavy atom. The van der Waals surface area contributed by atoms with Crippen LogP contribution in [0.1, 0.15) is 27.3 Å². The van der Waals surface area contributed by atoms with E-state index in [1.165, 1.54) is 16.9 Å². The zero-order valence-corrected chi connectivity index (χ0v) is 14.1. The normalized spacial score (nSPS) is 13.4. The summed E-state index contributed by atoms with van der Waals surface area (Å²) in [5.41, 5.74) is 4.54. The molecule has 3 aromatic rings. The Balaban J connectivity index is 0.00000156. The van der Waals surface area contributed by atoms with E-state index in [4.69, 9.17) is 0 Å². The highest BCUT2D eigenvalue weighted by Gasteiger charge is 2.22. The molecule has 1 aromatic carbocycles. The van der Waals surface area contributed by atoms with E-state index in [-0.39, 0.29) is 18.3 Å². The Bertz CT molecular complexity index is 872. The van der Waals surface area contributed by atoms with Gasteiger partial charge in [0.25, 0.3) is 5.91 Å². The van der Waals surface area contributed by atoms with Crippen LogP contribution in [0.2, 0.25) is 0 Å². The summed E-state index contributed by atoms with van der Waals surface area (Å²) in [6.45, 7) is 3.63. The van der Waals surface area contributed by atoms with E-state index >= 15 is 0 Å². The molecule has 0 spiro atoms. The molecule has 4 rings (SSSR count). The van der Waals surface area contributed by atoms with Crippen LogP contribution < -0.4 is 10.6 Å². The largest absolute Gasteiger partial charge is 0.312 e. The molecule has 0 unspecified atom stereocenters. The SMILES string of the molecule is Cc1ccc2nc(NC(=O)c3n[nH]c4c3CNCC4)sc2c1.Cl. The maximum atomic E-state index is 12.4. The highest BCUT2D eigenvalue weighted by Crippen LogP contribution is 2.27. The molecule has 0 saturated carbocycles. The zero-order chi connectivity index (χ0) is 15.1. The van der Waals surface area contributed by atoms with Crippen LogP contribution in [-0.2, 0) is 13.0 Å². The van der Waals surface area contributed by atoms with Gasteiger partial charge < -0.3 is 5.32 Å². The van der Waals surface area contributed by atoms with Crippen molar-refractivity contribution in [1.29, 1.82) is 0 Å². The Kier molecular flexibility index (Phi) is 4.34. The molecule has 6 nitrogen and oxygen atoms in total. The molecule has 1 aliphatic rings. The number of hydrogen-bond acceptors (Lipinski definition) is 5. The fourth-order valence-corrected chi connectivity index (χ4v) is 3.61. The Morgan fingerprint density at radius 2 is 2.26 bits per heavy atom. The lowest BCUT2D eigenvalue weighted by atomic mass is 10.1. The minimum atomic E-state index is -0.211. The van der Waals surface area contributed by atoms with Gasteiger partial charge in [0.05, 0.1) is 10.2 Å². The molecule has 3 N–H and O–H groups in total. The lowest BCUT2D eigenvalue weighted by Crippen LogP contribution is -2.25. The first kappa shape index (κ1) is 15.9. The molecule has 23 heavy (non-hydrogen) atoms. The van der Waals surface area contributed by atoms with Gasteiger partial charge in [0.15, 0.2) is 10.8 Å². The lowest BCUT2D eigenvalue weighted by molar-refractivity contribution is 0.102. The monoisotopic (exact) mass is 349 g/mol. The number of carbonyl (C=O) groups excluding carboxylic acids is 1. The molecule has 0 aliphatic carbocycles. The van der Waals surface area contributed by atoms with Crippen molar-refractivity contribution in [2.75, 3.05) is 11.9 Å². The van der Waals surface area contributed by atoms with Gasteiger partial charge >= 0.3 is 0 Å². The number of rotatable bonds is 2. The number of H-pyrrole nitrogens is 1. The van der Waals surface area contributed by atoms with Crippen molar-refractivity contribution in [3.8, 4) is 0 Å². The molecule has 2 aromatic heterocycles. The van der Waals surface area contributed by atoms with Gasteiger partial charge in [-0.15, -0.1) is 12.4 Å². The third kappa shape index (κ3) is 2.95. The number of benzene rings is 1. The first-order valence-electron chi connectivity index (χ1n) is 7.16. The van der Waals surface area contributed by atoms with Crippen LogP contribution in [0, 0.1) is 6.92 Å². The molecular formula is C15H16ClN5OS. The summed E-state index contributed by atoms with van der Waals surface area (Å²) in [6.07, 6.45) is 0.871. The smallest absolute Gasteiger partial charge is 0.278 e. The summed E-state index contributed by atoms with van der Waals surface area (Å²) >= 11 is 1.48. The zero-order valence-electron chi connectivity index (χ0n) is 12.5. The highest BCUT2D eigenvalue weighted by atomic mass is 35.5. The molecule has 0 bridgehead atoms. The summed E-state index contributed by atoms with van der Waals surface area (Å²) in [5.74, 6) is -0.211. The van der Waals surface area contributed by atoms with Gasteiger partial charge in [-0.2, -0.15) is 5.10 Å². The van der Waals surface area contributed by atoms with Crippen LogP contribution in [-0.4, -0.2) is 27.6 Å². The quantitative estimate of drug-likeness (QED) is 0.664. The van der Waals surface area contributed by atoms with Crippen LogP contribution in [0.25, 0.3) is 10.2 Å². The number of carbonyl (C=O) groups is 1. The molecule has 0 radical (unpaired) electrons. The molecule has 0 atom stereocenters. The molecule has 1 aliphatic heterocycles. The maximum absolute atomic E-state index is 12.4. The van der Waals surface area contributed by atoms with Crippen molar-refractivity contribution >= 4 is 45.0 Å². The predicted octanol–water partition coefficient (Wildman–Crippen LogP) is 2.65. The number of nitrogens with zero attached hydrogens (tertiary/aromatic N) is 2. The minimum Gasteiger partial charge on any atom is -0.312 e. The number of hydrogen-bond donors (Lipinski definition) is 3. The fourth-order valence-electron chi connectivity index (χ4n) is 2.65. The van der Waals surface area contributed by atoms with E-state index < -0.39 is 0 Å². The Morgan fingerprint density at radius 3 is 3.13 bits per heavy atom. The topological polar surface area (TPSA) is 82.7 Å². The Hall–Kier alpha value is -1.96. The minimum absolute atomic E-state index is 0. The average molecular weight is 350 g/mol. The van der Waals surface area contributed by atoms with Gasteiger partial charge in [-0.1, -0.05) is 17.4 Å². The summed E-state index contributed by atoms with van der Waals surface area (Å²) in [4.78, 5) is 16.9. The van der Waals surface area contributed by atoms with Crippen LogP contribution in [0.5, 0.6) is 0 Å². The van der Waals surface area contributed by atoms with Gasteiger partial charge in [0.1, 0.15) is 0 Å². The molecule has 0 fully saturated rings. The number of aryl methyl sites for hydroxylation is 1. The second-order valence-electron chi connectivity index (χ2n) is 5.40. The van der Waals surface area contributed by atoms with Crippen LogP contribution >= 0.6 is 23.7 Å². The number of amides is 1. The number of aromatic amines is 1. The van der Waals surface area contributed by atoms with E-state index in [0.717, 1.165) is 34.4 Å². The second kappa shape index (κ2) is 6.27. The van der Waals surface area contributed by atoms with Gasteiger partial charge in [-0.3, -0.25) is 15.2 Å². The molecule has 3 heterocycles. The molecule has 1 amide bonds. The van der Waals surface area contributed by atoms with Crippen molar-refractivity contribution in [3.05, 3.63) is 40.7 Å². The number of aromatic nitrogens is 3. The van der Waals surface area contributed by atoms with Crippen molar-refractivity contribution in [1.82, 2.24) is 20.5 Å². The molecule has 8 heteroatoms. The third-order valence-corrected chi connectivity index (χ3v) is 4.72. The fraction of sp³-hybridized carbons (Fsp3) is 0.267. The van der Waals surface area contributed by atoms with Crippen LogP contribution in [0.4, 0.5) is 5.13 Å². The average Bonchev–Trinajstić information content (AvgIpc) is 3.09. The van der Waals surface area contributed by atoms with Crippen molar-refractivity contribution in [2.45, 2.75) is 19.9 Å². The molecular weight excluding hydrogens is 334 g/mol. The molecule has 120 valence electrons. The van der Waals surface area contributed by atoms with E-state index in [1.807, 2.05) is 19.1 Å². The number of halogens is 1. The van der Waals surface area contributed by atoms with Crippen LogP contribution in [0.3, 0.4) is 0 Å². The highest BCUT2D eigenvalue weighted by molar-refractivity contribution is 7.22. The van der Waals surface area contributed by atoms with E-state index in [9.17, 15) is 4.79 Å².